The molecule has 2 atom stereocenters. The first-order valence-electron chi connectivity index (χ1n) is 18.2. The van der Waals surface area contributed by atoms with Crippen molar-refractivity contribution in [2.75, 3.05) is 21.3 Å². The number of Topliss-reactive ketones (excluding diaryl/α,β-unsaturated/α-hetero) is 2. The van der Waals surface area contributed by atoms with Crippen LogP contribution in [0.3, 0.4) is 0 Å². The lowest BCUT2D eigenvalue weighted by Gasteiger charge is -2.17. The first kappa shape index (κ1) is 49.8. The monoisotopic (exact) mass is 1020 g/mol. The normalized spacial score (nSPS) is 12.2. The van der Waals surface area contributed by atoms with Crippen molar-refractivity contribution in [2.24, 2.45) is 20.5 Å². The van der Waals surface area contributed by atoms with E-state index >= 15 is 0 Å². The van der Waals surface area contributed by atoms with Gasteiger partial charge in [-0.1, -0.05) is 105 Å². The number of nitrogens with one attached hydrogen (secondary N) is 4. The minimum atomic E-state index is -1.63. The van der Waals surface area contributed by atoms with E-state index in [2.05, 4.69) is 41.7 Å². The van der Waals surface area contributed by atoms with Crippen LogP contribution in [0.4, 0.5) is 34.1 Å². The van der Waals surface area contributed by atoms with Crippen LogP contribution in [0, 0.1) is 13.8 Å². The van der Waals surface area contributed by atoms with Gasteiger partial charge in [0.05, 0.1) is 51.3 Å². The minimum absolute atomic E-state index is 0.00911. The molecule has 0 aliphatic rings. The Bertz CT molecular complexity index is 2590. The summed E-state index contributed by atoms with van der Waals surface area (Å²) in [6.45, 7) is 5.59. The molecule has 0 bridgehead atoms. The molecule has 0 heterocycles. The Labute approximate surface area is 405 Å². The molecule has 64 heavy (non-hydrogen) atoms. The highest BCUT2D eigenvalue weighted by atomic mass is 35.5. The fourth-order valence-corrected chi connectivity index (χ4v) is 7.26. The second-order valence-corrected chi connectivity index (χ2v) is 16.7. The highest BCUT2D eigenvalue weighted by molar-refractivity contribution is 6.49. The van der Waals surface area contributed by atoms with Crippen molar-refractivity contribution >= 4 is 162 Å². The van der Waals surface area contributed by atoms with Gasteiger partial charge in [-0.3, -0.25) is 28.8 Å². The van der Waals surface area contributed by atoms with Gasteiger partial charge in [-0.25, -0.2) is 0 Å². The summed E-state index contributed by atoms with van der Waals surface area (Å²) < 4.78 is 0. The number of azo groups is 2. The summed E-state index contributed by atoms with van der Waals surface area (Å²) in [5, 5.41) is 26.9. The molecular formula is C42H30Cl8N8O6. The van der Waals surface area contributed by atoms with Crippen molar-refractivity contribution < 1.29 is 28.8 Å². The smallest absolute Gasteiger partial charge is 0.258 e. The van der Waals surface area contributed by atoms with Gasteiger partial charge in [0, 0.05) is 22.7 Å². The van der Waals surface area contributed by atoms with Crippen molar-refractivity contribution in [3.63, 3.8) is 0 Å². The van der Waals surface area contributed by atoms with Crippen LogP contribution in [-0.4, -0.2) is 47.3 Å². The summed E-state index contributed by atoms with van der Waals surface area (Å²) in [6, 6.07) is 13.9. The topological polar surface area (TPSA) is 200 Å². The molecule has 0 saturated heterocycles. The Kier molecular flexibility index (Phi) is 16.9. The fourth-order valence-electron chi connectivity index (χ4n) is 5.57. The highest BCUT2D eigenvalue weighted by Gasteiger charge is 2.27. The first-order chi connectivity index (χ1) is 30.2. The molecule has 0 spiro atoms. The van der Waals surface area contributed by atoms with Gasteiger partial charge in [-0.2, -0.15) is 20.5 Å². The van der Waals surface area contributed by atoms with Crippen molar-refractivity contribution in [1.82, 2.24) is 0 Å². The number of hydrogen-bond donors (Lipinski definition) is 4. The summed E-state index contributed by atoms with van der Waals surface area (Å²) in [7, 11) is 0. The number of hydrogen-bond acceptors (Lipinski definition) is 10. The first-order valence-corrected chi connectivity index (χ1v) is 21.2. The van der Waals surface area contributed by atoms with Gasteiger partial charge < -0.3 is 21.3 Å². The fraction of sp³-hybridized carbons (Fsp3) is 0.143. The van der Waals surface area contributed by atoms with E-state index < -0.39 is 47.3 Å². The third kappa shape index (κ3) is 11.9. The number of nitrogens with zero attached hydrogens (tertiary/aromatic N) is 4. The lowest BCUT2D eigenvalue weighted by Crippen LogP contribution is -2.33. The van der Waals surface area contributed by atoms with Gasteiger partial charge in [0.15, 0.2) is 11.6 Å². The van der Waals surface area contributed by atoms with Gasteiger partial charge >= 0.3 is 0 Å². The quantitative estimate of drug-likeness (QED) is 0.0484. The third-order valence-corrected chi connectivity index (χ3v) is 12.2. The van der Waals surface area contributed by atoms with Crippen LogP contribution in [-0.2, 0) is 19.2 Å². The van der Waals surface area contributed by atoms with Crippen LogP contribution < -0.4 is 21.3 Å². The standard InChI is InChI=1S/C42H30Cl8N8O6/c1-17-18(2)30(54-42(64)38(20(4)60)58-56-32-10-6-8-24(34(32)48)40(62)52-22-15-27(45)36(50)28(46)16-22)12-11-29(17)53-41(63)37(19(3)59)57-55-31-9-5-7-23(33(31)47)39(61)51-21-13-25(43)35(49)26(44)14-21/h5-16,37-38H,1-4H3,(H,51,61)(H,52,62)(H,53,63)(H,54,64). The maximum absolute atomic E-state index is 13.4. The van der Waals surface area contributed by atoms with E-state index in [1.54, 1.807) is 13.8 Å². The molecule has 0 aliphatic carbocycles. The number of carbonyl (C=O) groups is 6. The maximum atomic E-state index is 13.4. The second kappa shape index (κ2) is 21.7. The zero-order chi connectivity index (χ0) is 47.2. The van der Waals surface area contributed by atoms with E-state index in [1.165, 1.54) is 72.8 Å². The number of halogens is 8. The Morgan fingerprint density at radius 2 is 0.797 bits per heavy atom. The molecule has 5 aromatic carbocycles. The zero-order valence-corrected chi connectivity index (χ0v) is 39.4. The average Bonchev–Trinajstić information content (AvgIpc) is 3.22. The van der Waals surface area contributed by atoms with Crippen LogP contribution in [0.5, 0.6) is 0 Å². The van der Waals surface area contributed by atoms with Crippen molar-refractivity contribution in [2.45, 2.75) is 39.8 Å². The highest BCUT2D eigenvalue weighted by Crippen LogP contribution is 2.37. The maximum Gasteiger partial charge on any atom is 0.258 e. The van der Waals surface area contributed by atoms with E-state index in [4.69, 9.17) is 92.8 Å². The molecular weight excluding hydrogens is 996 g/mol. The Morgan fingerprint density at radius 3 is 1.11 bits per heavy atom. The Hall–Kier alpha value is -5.16. The molecule has 0 aliphatic heterocycles. The van der Waals surface area contributed by atoms with Crippen LogP contribution in [0.15, 0.2) is 93.3 Å². The predicted molar refractivity (Wildman–Crippen MR) is 253 cm³/mol. The van der Waals surface area contributed by atoms with Crippen molar-refractivity contribution in [3.05, 3.63) is 135 Å². The molecule has 0 radical (unpaired) electrons. The Morgan fingerprint density at radius 1 is 0.469 bits per heavy atom. The molecule has 0 saturated carbocycles. The summed E-state index contributed by atoms with van der Waals surface area (Å²) in [5.41, 5.74) is 1.96. The molecule has 0 aromatic heterocycles. The third-order valence-electron chi connectivity index (χ3n) is 9.06. The van der Waals surface area contributed by atoms with Gasteiger partial charge in [0.2, 0.25) is 12.1 Å². The van der Waals surface area contributed by atoms with Gasteiger partial charge in [0.25, 0.3) is 23.6 Å². The van der Waals surface area contributed by atoms with Crippen LogP contribution in [0.2, 0.25) is 40.2 Å². The molecule has 330 valence electrons. The Balaban J connectivity index is 1.27. The van der Waals surface area contributed by atoms with Crippen LogP contribution in [0.25, 0.3) is 0 Å². The summed E-state index contributed by atoms with van der Waals surface area (Å²) in [5.74, 6) is -4.28. The SMILES string of the molecule is CC(=O)C(N=Nc1cccc(C(=O)Nc2cc(Cl)c(Cl)c(Cl)c2)c1Cl)C(=O)Nc1ccc(NC(=O)C(N=Nc2cccc(C(=O)Nc3cc(Cl)c(Cl)c(Cl)c3)c2Cl)C(C)=O)c(C)c1C. The van der Waals surface area contributed by atoms with Gasteiger partial charge in [-0.15, -0.1) is 0 Å². The number of ketones is 2. The number of anilines is 4. The molecule has 22 heteroatoms. The molecule has 4 N–H and O–H groups in total. The van der Waals surface area contributed by atoms with Gasteiger partial charge in [0.1, 0.15) is 11.4 Å². The van der Waals surface area contributed by atoms with Crippen LogP contribution in [0.1, 0.15) is 45.7 Å². The molecule has 2 unspecified atom stereocenters. The lowest BCUT2D eigenvalue weighted by molar-refractivity contribution is -0.127. The van der Waals surface area contributed by atoms with Crippen molar-refractivity contribution in [3.8, 4) is 0 Å². The molecule has 5 aromatic rings. The van der Waals surface area contributed by atoms with E-state index in [0.29, 0.717) is 11.1 Å². The molecule has 14 nitrogen and oxygen atoms in total. The van der Waals surface area contributed by atoms with E-state index in [1.807, 2.05) is 0 Å². The largest absolute Gasteiger partial charge is 0.324 e. The van der Waals surface area contributed by atoms with E-state index in [9.17, 15) is 28.8 Å². The zero-order valence-electron chi connectivity index (χ0n) is 33.3. The second-order valence-electron chi connectivity index (χ2n) is 13.5. The van der Waals surface area contributed by atoms with E-state index in [0.717, 1.165) is 13.8 Å². The van der Waals surface area contributed by atoms with Gasteiger partial charge in [-0.05, 0) is 99.5 Å². The summed E-state index contributed by atoms with van der Waals surface area (Å²) in [4.78, 5) is 78.2. The van der Waals surface area contributed by atoms with Crippen LogP contribution >= 0.6 is 92.8 Å². The summed E-state index contributed by atoms with van der Waals surface area (Å²) in [6.07, 6.45) is 0. The number of benzene rings is 5. The number of amides is 4. The number of rotatable bonds is 14. The molecule has 4 amide bonds. The molecule has 5 rings (SSSR count). The average molecular weight is 1030 g/mol. The predicted octanol–water partition coefficient (Wildman–Crippen LogP) is 13.4. The summed E-state index contributed by atoms with van der Waals surface area (Å²) >= 11 is 49.3. The molecule has 0 fully saturated rings. The number of carbonyl (C=O) groups excluding carboxylic acids is 6. The van der Waals surface area contributed by atoms with Crippen molar-refractivity contribution in [1.29, 1.82) is 0 Å². The van der Waals surface area contributed by atoms with E-state index in [-0.39, 0.29) is 85.4 Å². The minimum Gasteiger partial charge on any atom is -0.324 e. The lowest BCUT2D eigenvalue weighted by atomic mass is 10.0.